The van der Waals surface area contributed by atoms with Gasteiger partial charge in [-0.1, -0.05) is 41.5 Å². The van der Waals surface area contributed by atoms with E-state index in [9.17, 15) is 14.7 Å². The number of aromatic carboxylic acids is 1. The van der Waals surface area contributed by atoms with Crippen molar-refractivity contribution in [1.29, 1.82) is 0 Å². The van der Waals surface area contributed by atoms with Crippen LogP contribution in [0.25, 0.3) is 37.2 Å². The smallest absolute Gasteiger partial charge is 0.345 e. The van der Waals surface area contributed by atoms with Gasteiger partial charge in [-0.25, -0.2) is 9.59 Å². The van der Waals surface area contributed by atoms with E-state index < -0.39 is 11.4 Å². The van der Waals surface area contributed by atoms with E-state index in [1.54, 1.807) is 40.9 Å². The second-order valence-corrected chi connectivity index (χ2v) is 17.3. The van der Waals surface area contributed by atoms with Gasteiger partial charge < -0.3 is 14.4 Å². The molecular formula is C40H38N2O4S2. The van der Waals surface area contributed by atoms with Crippen LogP contribution in [-0.2, 0) is 16.2 Å². The first-order valence-electron chi connectivity index (χ1n) is 16.5. The lowest BCUT2D eigenvalue weighted by Gasteiger charge is -2.48. The van der Waals surface area contributed by atoms with Crippen molar-refractivity contribution in [2.75, 3.05) is 18.0 Å². The van der Waals surface area contributed by atoms with E-state index in [2.05, 4.69) is 82.9 Å². The molecule has 3 aromatic heterocycles. The summed E-state index contributed by atoms with van der Waals surface area (Å²) >= 11 is 3.30. The number of rotatable bonds is 5. The Balaban J connectivity index is 1.10. The van der Waals surface area contributed by atoms with E-state index in [4.69, 9.17) is 9.41 Å². The Morgan fingerprint density at radius 3 is 2.33 bits per heavy atom. The molecule has 6 heterocycles. The van der Waals surface area contributed by atoms with Crippen molar-refractivity contribution in [3.63, 3.8) is 0 Å². The van der Waals surface area contributed by atoms with Gasteiger partial charge in [0.25, 0.3) is 0 Å². The summed E-state index contributed by atoms with van der Waals surface area (Å²) in [4.78, 5) is 36.7. The number of carboxylic acids is 1. The molecule has 244 valence electrons. The number of carboxylic acid groups (broad SMARTS) is 1. The highest BCUT2D eigenvalue weighted by Crippen LogP contribution is 2.52. The lowest BCUT2D eigenvalue weighted by molar-refractivity contribution is 0.0696. The number of hydrogen-bond acceptors (Lipinski definition) is 7. The Labute approximate surface area is 288 Å². The Morgan fingerprint density at radius 1 is 0.854 bits per heavy atom. The van der Waals surface area contributed by atoms with Gasteiger partial charge >= 0.3 is 11.6 Å². The van der Waals surface area contributed by atoms with Crippen LogP contribution in [0.3, 0.4) is 0 Å². The zero-order valence-corrected chi connectivity index (χ0v) is 29.7. The molecule has 48 heavy (non-hydrogen) atoms. The molecule has 2 aromatic carbocycles. The van der Waals surface area contributed by atoms with E-state index in [0.29, 0.717) is 5.56 Å². The first-order chi connectivity index (χ1) is 22.7. The van der Waals surface area contributed by atoms with Crippen molar-refractivity contribution < 1.29 is 14.3 Å². The standard InChI is InChI=1S/C40H38N2O4S2/c1-38(2)15-17-42-18-16-39(3,4)33-34(42)27(38)21-23-19-25(37(45)46-35(23)33)29-12-13-31(48-29)30-11-8-24(47-30)9-14-32-40(5,6)26-20-22(36(43)44)7-10-28(26)41-32/h7-14,19-21H,15-18H2,1-6H3,(H,43,44). The fourth-order valence-electron chi connectivity index (χ4n) is 7.59. The SMILES string of the molecule is CC1(C)CCN2CCC(C)(C)c3c2c1cc1cc(-c2ccc(-c4ccc(C=CC5=Nc6ccc(C(=O)O)cc6C5(C)C)s4)s2)c(=O)oc31. The van der Waals surface area contributed by atoms with Crippen LogP contribution in [0.1, 0.15) is 86.3 Å². The van der Waals surface area contributed by atoms with Gasteiger partial charge in [-0.3, -0.25) is 4.99 Å². The Hall–Kier alpha value is -4.27. The second kappa shape index (κ2) is 10.6. The number of fused-ring (bicyclic) bond motifs is 3. The average Bonchev–Trinajstić information content (AvgIpc) is 3.76. The number of carbonyl (C=O) groups is 1. The van der Waals surface area contributed by atoms with Gasteiger partial charge in [0.15, 0.2) is 0 Å². The number of allylic oxidation sites excluding steroid dienone is 1. The molecule has 0 aliphatic carbocycles. The fourth-order valence-corrected chi connectivity index (χ4v) is 9.61. The molecule has 0 saturated heterocycles. The lowest BCUT2D eigenvalue weighted by atomic mass is 9.69. The van der Waals surface area contributed by atoms with E-state index in [0.717, 1.165) is 73.4 Å². The first-order valence-corrected chi connectivity index (χ1v) is 18.1. The van der Waals surface area contributed by atoms with Crippen molar-refractivity contribution in [2.45, 2.75) is 70.6 Å². The molecule has 0 radical (unpaired) electrons. The third-order valence-electron chi connectivity index (χ3n) is 10.7. The van der Waals surface area contributed by atoms with Crippen LogP contribution in [0.15, 0.2) is 74.9 Å². The van der Waals surface area contributed by atoms with Crippen LogP contribution >= 0.6 is 22.7 Å². The third-order valence-corrected chi connectivity index (χ3v) is 13.0. The molecular weight excluding hydrogens is 637 g/mol. The highest BCUT2D eigenvalue weighted by atomic mass is 32.1. The molecule has 6 nitrogen and oxygen atoms in total. The van der Waals surface area contributed by atoms with E-state index in [-0.39, 0.29) is 22.0 Å². The van der Waals surface area contributed by atoms with Crippen molar-refractivity contribution >= 4 is 62.8 Å². The normalized spacial score (nSPS) is 18.6. The molecule has 8 rings (SSSR count). The summed E-state index contributed by atoms with van der Waals surface area (Å²) in [7, 11) is 0. The molecule has 0 unspecified atom stereocenters. The maximum atomic E-state index is 13.6. The molecule has 0 fully saturated rings. The topological polar surface area (TPSA) is 83.1 Å². The van der Waals surface area contributed by atoms with E-state index in [1.807, 2.05) is 12.1 Å². The zero-order chi connectivity index (χ0) is 33.7. The minimum absolute atomic E-state index is 0.0495. The number of hydrogen-bond donors (Lipinski definition) is 1. The van der Waals surface area contributed by atoms with Crippen molar-refractivity contribution in [3.05, 3.63) is 98.2 Å². The highest BCUT2D eigenvalue weighted by Gasteiger charge is 2.42. The molecule has 0 saturated carbocycles. The number of nitrogens with zero attached hydrogens (tertiary/aromatic N) is 2. The Morgan fingerprint density at radius 2 is 1.56 bits per heavy atom. The van der Waals surface area contributed by atoms with E-state index >= 15 is 0 Å². The predicted molar refractivity (Wildman–Crippen MR) is 199 cm³/mol. The zero-order valence-electron chi connectivity index (χ0n) is 28.1. The van der Waals surface area contributed by atoms with Gasteiger partial charge in [0.2, 0.25) is 0 Å². The van der Waals surface area contributed by atoms with Crippen LogP contribution in [0.2, 0.25) is 0 Å². The number of benzene rings is 2. The summed E-state index contributed by atoms with van der Waals surface area (Å²) in [5.41, 5.74) is 7.35. The summed E-state index contributed by atoms with van der Waals surface area (Å²) in [5.74, 6) is -0.936. The first kappa shape index (κ1) is 31.0. The molecule has 0 atom stereocenters. The van der Waals surface area contributed by atoms with Crippen LogP contribution in [0.5, 0.6) is 0 Å². The van der Waals surface area contributed by atoms with Crippen LogP contribution in [-0.4, -0.2) is 29.9 Å². The summed E-state index contributed by atoms with van der Waals surface area (Å²) in [6.45, 7) is 15.4. The molecule has 3 aliphatic rings. The molecule has 1 N–H and O–H groups in total. The fraction of sp³-hybridized carbons (Fsp3) is 0.325. The van der Waals surface area contributed by atoms with Crippen molar-refractivity contribution in [2.24, 2.45) is 4.99 Å². The van der Waals surface area contributed by atoms with E-state index in [1.165, 1.54) is 16.8 Å². The van der Waals surface area contributed by atoms with Crippen molar-refractivity contribution in [1.82, 2.24) is 0 Å². The third kappa shape index (κ3) is 4.83. The average molecular weight is 675 g/mol. The van der Waals surface area contributed by atoms with Gasteiger partial charge in [0, 0.05) is 54.7 Å². The van der Waals surface area contributed by atoms with Gasteiger partial charge in [0.05, 0.1) is 22.5 Å². The summed E-state index contributed by atoms with van der Waals surface area (Å²) in [6.07, 6.45) is 6.24. The molecule has 0 bridgehead atoms. The molecule has 5 aromatic rings. The van der Waals surface area contributed by atoms with Crippen LogP contribution in [0, 0.1) is 0 Å². The van der Waals surface area contributed by atoms with Gasteiger partial charge in [-0.2, -0.15) is 0 Å². The summed E-state index contributed by atoms with van der Waals surface area (Å²) in [6, 6.07) is 17.8. The molecule has 8 heteroatoms. The molecule has 0 amide bonds. The quantitative estimate of drug-likeness (QED) is 0.188. The van der Waals surface area contributed by atoms with Crippen LogP contribution in [0.4, 0.5) is 11.4 Å². The van der Waals surface area contributed by atoms with Crippen molar-refractivity contribution in [3.8, 4) is 20.2 Å². The Bertz CT molecular complexity index is 2290. The minimum Gasteiger partial charge on any atom is -0.478 e. The maximum Gasteiger partial charge on any atom is 0.345 e. The number of aliphatic imine (C=N–C) groups is 1. The Kier molecular flexibility index (Phi) is 6.86. The summed E-state index contributed by atoms with van der Waals surface area (Å²) < 4.78 is 6.26. The summed E-state index contributed by atoms with van der Waals surface area (Å²) in [5, 5.41) is 10.5. The molecule has 0 spiro atoms. The van der Waals surface area contributed by atoms with Gasteiger partial charge in [-0.15, -0.1) is 22.7 Å². The largest absolute Gasteiger partial charge is 0.478 e. The maximum absolute atomic E-state index is 13.6. The second-order valence-electron chi connectivity index (χ2n) is 15.1. The molecule has 3 aliphatic heterocycles. The van der Waals surface area contributed by atoms with Gasteiger partial charge in [-0.05, 0) is 102 Å². The predicted octanol–water partition coefficient (Wildman–Crippen LogP) is 10.2. The lowest BCUT2D eigenvalue weighted by Crippen LogP contribution is -2.44. The number of thiophene rings is 2. The highest BCUT2D eigenvalue weighted by molar-refractivity contribution is 7.24. The van der Waals surface area contributed by atoms with Gasteiger partial charge in [0.1, 0.15) is 5.58 Å². The monoisotopic (exact) mass is 674 g/mol. The minimum atomic E-state index is -0.936. The van der Waals surface area contributed by atoms with Crippen LogP contribution < -0.4 is 10.5 Å². The number of anilines is 1.